The zero-order valence-corrected chi connectivity index (χ0v) is 14.5. The van der Waals surface area contributed by atoms with Crippen molar-refractivity contribution in [3.05, 3.63) is 58.9 Å². The van der Waals surface area contributed by atoms with Gasteiger partial charge in [0.05, 0.1) is 17.1 Å². The van der Waals surface area contributed by atoms with Crippen LogP contribution in [-0.2, 0) is 0 Å². The summed E-state index contributed by atoms with van der Waals surface area (Å²) in [4.78, 5) is 17.4. The van der Waals surface area contributed by atoms with Gasteiger partial charge in [0.25, 0.3) is 5.91 Å². The molecule has 1 N–H and O–H groups in total. The van der Waals surface area contributed by atoms with E-state index in [9.17, 15) is 4.79 Å². The topological polar surface area (TPSA) is 59.8 Å². The number of hydrogen-bond acceptors (Lipinski definition) is 4. The average molecular weight is 350 g/mol. The lowest BCUT2D eigenvalue weighted by atomic mass is 10.2. The summed E-state index contributed by atoms with van der Waals surface area (Å²) >= 11 is 1.50. The number of amides is 1. The summed E-state index contributed by atoms with van der Waals surface area (Å²) in [5.74, 6) is 0.941. The summed E-state index contributed by atoms with van der Waals surface area (Å²) in [5, 5.41) is 10.4. The van der Waals surface area contributed by atoms with Crippen molar-refractivity contribution in [2.45, 2.75) is 37.5 Å². The molecular weight excluding hydrogens is 332 g/mol. The van der Waals surface area contributed by atoms with Gasteiger partial charge in [-0.25, -0.2) is 9.67 Å². The Labute approximate surface area is 149 Å². The molecular formula is C19H18N4OS. The first-order valence-corrected chi connectivity index (χ1v) is 9.58. The Hall–Kier alpha value is -2.47. The van der Waals surface area contributed by atoms with E-state index in [2.05, 4.69) is 20.8 Å². The molecule has 5 nitrogen and oxygen atoms in total. The Morgan fingerprint density at radius 1 is 1.08 bits per heavy atom. The maximum Gasteiger partial charge on any atom is 0.276 e. The molecule has 0 bridgehead atoms. The van der Waals surface area contributed by atoms with Gasteiger partial charge in [-0.3, -0.25) is 10.1 Å². The fraction of sp³-hybridized carbons (Fsp3) is 0.316. The number of hydrogen-bond donors (Lipinski definition) is 1. The molecule has 25 heavy (non-hydrogen) atoms. The van der Waals surface area contributed by atoms with E-state index in [1.807, 2.05) is 36.4 Å². The van der Waals surface area contributed by atoms with Gasteiger partial charge in [0.1, 0.15) is 5.69 Å². The van der Waals surface area contributed by atoms with Gasteiger partial charge in [0.15, 0.2) is 5.13 Å². The molecule has 0 unspecified atom stereocenters. The molecule has 1 amide bonds. The van der Waals surface area contributed by atoms with Gasteiger partial charge in [-0.2, -0.15) is 5.10 Å². The minimum Gasteiger partial charge on any atom is -0.296 e. The van der Waals surface area contributed by atoms with Crippen molar-refractivity contribution < 1.29 is 4.79 Å². The first-order valence-electron chi connectivity index (χ1n) is 8.70. The van der Waals surface area contributed by atoms with E-state index in [4.69, 9.17) is 0 Å². The van der Waals surface area contributed by atoms with Gasteiger partial charge in [-0.1, -0.05) is 18.2 Å². The lowest BCUT2D eigenvalue weighted by molar-refractivity contribution is 0.101. The van der Waals surface area contributed by atoms with E-state index in [-0.39, 0.29) is 5.91 Å². The molecule has 0 aliphatic heterocycles. The van der Waals surface area contributed by atoms with E-state index >= 15 is 0 Å². The summed E-state index contributed by atoms with van der Waals surface area (Å²) in [6.07, 6.45) is 4.74. The molecule has 6 heteroatoms. The van der Waals surface area contributed by atoms with Crippen LogP contribution in [0.2, 0.25) is 0 Å². The van der Waals surface area contributed by atoms with Gasteiger partial charge in [0.2, 0.25) is 0 Å². The number of aromatic nitrogens is 3. The van der Waals surface area contributed by atoms with E-state index in [0.29, 0.717) is 22.7 Å². The predicted octanol–water partition coefficient (Wildman–Crippen LogP) is 4.34. The molecule has 3 aromatic rings. The number of anilines is 1. The van der Waals surface area contributed by atoms with Crippen LogP contribution in [0.25, 0.3) is 5.69 Å². The first-order chi connectivity index (χ1) is 12.3. The van der Waals surface area contributed by atoms with Crippen molar-refractivity contribution in [2.24, 2.45) is 0 Å². The summed E-state index contributed by atoms with van der Waals surface area (Å²) < 4.78 is 1.75. The molecule has 2 aliphatic carbocycles. The molecule has 2 fully saturated rings. The molecule has 0 atom stereocenters. The molecule has 2 heterocycles. The maximum atomic E-state index is 12.9. The second-order valence-corrected chi connectivity index (χ2v) is 7.64. The highest BCUT2D eigenvalue weighted by Crippen LogP contribution is 2.41. The number of carbonyl (C=O) groups excluding carboxylic acids is 1. The Morgan fingerprint density at radius 2 is 1.80 bits per heavy atom. The quantitative estimate of drug-likeness (QED) is 0.745. The molecule has 1 aromatic carbocycles. The molecule has 0 saturated heterocycles. The molecule has 2 aliphatic rings. The second kappa shape index (κ2) is 5.81. The fourth-order valence-electron chi connectivity index (χ4n) is 2.98. The molecule has 5 rings (SSSR count). The average Bonchev–Trinajstić information content (AvgIpc) is 3.57. The predicted molar refractivity (Wildman–Crippen MR) is 97.6 cm³/mol. The number of nitrogens with one attached hydrogen (secondary N) is 1. The standard InChI is InChI=1S/C19H18N4OS/c24-18(21-19-20-16(11-25-19)13-8-9-13)17-10-15(12-6-7-12)22-23(17)14-4-2-1-3-5-14/h1-5,10-13H,6-9H2,(H,20,21,24). The Balaban J connectivity index is 1.45. The lowest BCUT2D eigenvalue weighted by Gasteiger charge is -2.06. The summed E-state index contributed by atoms with van der Waals surface area (Å²) in [6, 6.07) is 11.7. The molecule has 2 saturated carbocycles. The molecule has 0 spiro atoms. The minimum absolute atomic E-state index is 0.153. The first kappa shape index (κ1) is 14.8. The smallest absolute Gasteiger partial charge is 0.276 e. The van der Waals surface area contributed by atoms with Crippen molar-refractivity contribution >= 4 is 22.4 Å². The van der Waals surface area contributed by atoms with Crippen LogP contribution in [0.4, 0.5) is 5.13 Å². The third-order valence-electron chi connectivity index (χ3n) is 4.70. The lowest BCUT2D eigenvalue weighted by Crippen LogP contribution is -2.16. The van der Waals surface area contributed by atoms with Crippen LogP contribution in [0, 0.1) is 0 Å². The minimum atomic E-state index is -0.153. The van der Waals surface area contributed by atoms with Crippen molar-refractivity contribution in [2.75, 3.05) is 5.32 Å². The van der Waals surface area contributed by atoms with Crippen molar-refractivity contribution in [3.8, 4) is 5.69 Å². The highest BCUT2D eigenvalue weighted by Gasteiger charge is 2.30. The van der Waals surface area contributed by atoms with Crippen molar-refractivity contribution in [3.63, 3.8) is 0 Å². The van der Waals surface area contributed by atoms with E-state index in [1.165, 1.54) is 24.2 Å². The summed E-state index contributed by atoms with van der Waals surface area (Å²) in [6.45, 7) is 0. The number of carbonyl (C=O) groups is 1. The second-order valence-electron chi connectivity index (χ2n) is 6.78. The number of para-hydroxylation sites is 1. The Kier molecular flexibility index (Phi) is 3.45. The summed E-state index contributed by atoms with van der Waals surface area (Å²) in [7, 11) is 0. The maximum absolute atomic E-state index is 12.9. The third-order valence-corrected chi connectivity index (χ3v) is 5.47. The van der Waals surface area contributed by atoms with E-state index in [0.717, 1.165) is 29.9 Å². The van der Waals surface area contributed by atoms with Gasteiger partial charge in [-0.15, -0.1) is 11.3 Å². The van der Waals surface area contributed by atoms with E-state index in [1.54, 1.807) is 4.68 Å². The number of rotatable bonds is 5. The van der Waals surface area contributed by atoms with Crippen LogP contribution >= 0.6 is 11.3 Å². The van der Waals surface area contributed by atoms with Crippen LogP contribution < -0.4 is 5.32 Å². The number of nitrogens with zero attached hydrogens (tertiary/aromatic N) is 3. The number of thiazole rings is 1. The van der Waals surface area contributed by atoms with Crippen LogP contribution in [0.1, 0.15) is 59.4 Å². The Morgan fingerprint density at radius 3 is 2.52 bits per heavy atom. The fourth-order valence-corrected chi connectivity index (χ4v) is 3.76. The van der Waals surface area contributed by atoms with Gasteiger partial charge in [-0.05, 0) is 43.9 Å². The zero-order chi connectivity index (χ0) is 16.8. The number of benzene rings is 1. The Bertz CT molecular complexity index is 922. The van der Waals surface area contributed by atoms with Crippen LogP contribution in [0.5, 0.6) is 0 Å². The van der Waals surface area contributed by atoms with Gasteiger partial charge >= 0.3 is 0 Å². The van der Waals surface area contributed by atoms with Crippen LogP contribution in [0.15, 0.2) is 41.8 Å². The molecule has 2 aromatic heterocycles. The van der Waals surface area contributed by atoms with Crippen molar-refractivity contribution in [1.29, 1.82) is 0 Å². The molecule has 126 valence electrons. The van der Waals surface area contributed by atoms with Gasteiger partial charge < -0.3 is 0 Å². The van der Waals surface area contributed by atoms with Crippen LogP contribution in [0.3, 0.4) is 0 Å². The largest absolute Gasteiger partial charge is 0.296 e. The van der Waals surface area contributed by atoms with Crippen LogP contribution in [-0.4, -0.2) is 20.7 Å². The molecule has 0 radical (unpaired) electrons. The monoisotopic (exact) mass is 350 g/mol. The van der Waals surface area contributed by atoms with Crippen molar-refractivity contribution in [1.82, 2.24) is 14.8 Å². The summed E-state index contributed by atoms with van der Waals surface area (Å²) in [5.41, 5.74) is 3.58. The highest BCUT2D eigenvalue weighted by molar-refractivity contribution is 7.14. The third kappa shape index (κ3) is 2.98. The normalized spacial score (nSPS) is 16.8. The SMILES string of the molecule is O=C(Nc1nc(C2CC2)cs1)c1cc(C2CC2)nn1-c1ccccc1. The van der Waals surface area contributed by atoms with E-state index < -0.39 is 0 Å². The van der Waals surface area contributed by atoms with Gasteiger partial charge in [0, 0.05) is 17.2 Å². The highest BCUT2D eigenvalue weighted by atomic mass is 32.1. The zero-order valence-electron chi connectivity index (χ0n) is 13.7.